The maximum Gasteiger partial charge on any atom is 0.0641 e. The van der Waals surface area contributed by atoms with Crippen molar-refractivity contribution in [2.45, 2.75) is 26.7 Å². The van der Waals surface area contributed by atoms with E-state index in [1.807, 2.05) is 25.1 Å². The summed E-state index contributed by atoms with van der Waals surface area (Å²) in [5, 5.41) is 9.04. The van der Waals surface area contributed by atoms with Crippen LogP contribution in [0.5, 0.6) is 0 Å². The first-order chi connectivity index (χ1) is 6.66. The van der Waals surface area contributed by atoms with Crippen LogP contribution in [-0.2, 0) is 0 Å². The Hall–Kier alpha value is -1.08. The molecule has 0 heterocycles. The predicted octanol–water partition coefficient (Wildman–Crippen LogP) is 3.12. The van der Waals surface area contributed by atoms with Crippen LogP contribution in [0.2, 0.25) is 0 Å². The molecule has 1 nitrogen and oxygen atoms in total. The highest BCUT2D eigenvalue weighted by atomic mass is 16.3. The summed E-state index contributed by atoms with van der Waals surface area (Å²) in [6.45, 7) is 6.39. The summed E-state index contributed by atoms with van der Waals surface area (Å²) in [4.78, 5) is 0. The molecule has 1 N–H and O–H groups in total. The van der Waals surface area contributed by atoms with Crippen molar-refractivity contribution in [2.75, 3.05) is 6.61 Å². The van der Waals surface area contributed by atoms with Gasteiger partial charge in [0.05, 0.1) is 6.61 Å². The number of benzene rings is 1. The predicted molar refractivity (Wildman–Crippen MR) is 60.3 cm³/mol. The molecule has 1 heteroatoms. The first-order valence-electron chi connectivity index (χ1n) is 4.99. The summed E-state index contributed by atoms with van der Waals surface area (Å²) in [6, 6.07) is 10.4. The molecule has 0 fully saturated rings. The van der Waals surface area contributed by atoms with Crippen LogP contribution in [0.25, 0.3) is 0 Å². The molecule has 0 amide bonds. The molecule has 1 aromatic carbocycles. The van der Waals surface area contributed by atoms with E-state index in [1.54, 1.807) is 0 Å². The molecule has 1 unspecified atom stereocenters. The van der Waals surface area contributed by atoms with Gasteiger partial charge < -0.3 is 5.11 Å². The molecule has 0 aromatic heterocycles. The Kier molecular flexibility index (Phi) is 3.90. The maximum absolute atomic E-state index is 9.04. The third kappa shape index (κ3) is 2.46. The number of rotatable bonds is 3. The second-order valence-electron chi connectivity index (χ2n) is 3.75. The molecule has 0 radical (unpaired) electrons. The van der Waals surface area contributed by atoms with Gasteiger partial charge in [-0.25, -0.2) is 0 Å². The van der Waals surface area contributed by atoms with E-state index < -0.39 is 0 Å². The van der Waals surface area contributed by atoms with Gasteiger partial charge in [-0.1, -0.05) is 42.8 Å². The zero-order valence-electron chi connectivity index (χ0n) is 9.12. The summed E-state index contributed by atoms with van der Waals surface area (Å²) in [6.07, 6.45) is 0. The second kappa shape index (κ2) is 4.97. The van der Waals surface area contributed by atoms with E-state index >= 15 is 0 Å². The van der Waals surface area contributed by atoms with Gasteiger partial charge in [0.2, 0.25) is 0 Å². The summed E-state index contributed by atoms with van der Waals surface area (Å²) in [7, 11) is 0. The number of aliphatic hydroxyl groups is 1. The lowest BCUT2D eigenvalue weighted by molar-refractivity contribution is 0.329. The van der Waals surface area contributed by atoms with Gasteiger partial charge in [0.15, 0.2) is 0 Å². The standard InChI is InChI=1S/C13H18O/c1-10(9-14)11(2)12(3)13-7-5-4-6-8-13/h4-8,12,14H,9H2,1-3H3/b11-10-. The van der Waals surface area contributed by atoms with E-state index in [4.69, 9.17) is 5.11 Å². The molecule has 0 saturated heterocycles. The second-order valence-corrected chi connectivity index (χ2v) is 3.75. The largest absolute Gasteiger partial charge is 0.392 e. The van der Waals surface area contributed by atoms with Crippen molar-refractivity contribution >= 4 is 0 Å². The normalized spacial score (nSPS) is 14.9. The molecular weight excluding hydrogens is 172 g/mol. The van der Waals surface area contributed by atoms with Gasteiger partial charge in [-0.15, -0.1) is 0 Å². The van der Waals surface area contributed by atoms with Crippen molar-refractivity contribution in [3.8, 4) is 0 Å². The molecule has 1 aromatic rings. The Balaban J connectivity index is 2.91. The summed E-state index contributed by atoms with van der Waals surface area (Å²) in [5.74, 6) is 0.392. The minimum Gasteiger partial charge on any atom is -0.392 e. The van der Waals surface area contributed by atoms with Crippen molar-refractivity contribution in [1.29, 1.82) is 0 Å². The lowest BCUT2D eigenvalue weighted by Gasteiger charge is -2.15. The third-order valence-corrected chi connectivity index (χ3v) is 2.86. The van der Waals surface area contributed by atoms with Gasteiger partial charge in [-0.3, -0.25) is 0 Å². The molecule has 14 heavy (non-hydrogen) atoms. The Morgan fingerprint density at radius 3 is 2.29 bits per heavy atom. The van der Waals surface area contributed by atoms with Crippen molar-refractivity contribution in [1.82, 2.24) is 0 Å². The Morgan fingerprint density at radius 1 is 1.21 bits per heavy atom. The summed E-state index contributed by atoms with van der Waals surface area (Å²) >= 11 is 0. The van der Waals surface area contributed by atoms with Crippen LogP contribution in [-0.4, -0.2) is 11.7 Å². The van der Waals surface area contributed by atoms with E-state index in [0.29, 0.717) is 5.92 Å². The van der Waals surface area contributed by atoms with Crippen LogP contribution >= 0.6 is 0 Å². The van der Waals surface area contributed by atoms with E-state index in [9.17, 15) is 0 Å². The Labute approximate surface area is 86.1 Å². The number of hydrogen-bond donors (Lipinski definition) is 1. The fourth-order valence-electron chi connectivity index (χ4n) is 1.49. The number of aliphatic hydroxyl groups excluding tert-OH is 1. The molecule has 0 bridgehead atoms. The fraction of sp³-hybridized carbons (Fsp3) is 0.385. The highest BCUT2D eigenvalue weighted by Crippen LogP contribution is 2.25. The third-order valence-electron chi connectivity index (χ3n) is 2.86. The molecule has 1 atom stereocenters. The van der Waals surface area contributed by atoms with Gasteiger partial charge in [0.25, 0.3) is 0 Å². The quantitative estimate of drug-likeness (QED) is 0.726. The smallest absolute Gasteiger partial charge is 0.0641 e. The number of hydrogen-bond acceptors (Lipinski definition) is 1. The Bertz CT molecular complexity index is 311. The molecule has 0 aliphatic rings. The molecular formula is C13H18O. The van der Waals surface area contributed by atoms with Crippen LogP contribution in [0.15, 0.2) is 41.5 Å². The lowest BCUT2D eigenvalue weighted by atomic mass is 9.91. The molecule has 0 aliphatic carbocycles. The van der Waals surface area contributed by atoms with Gasteiger partial charge in [-0.2, -0.15) is 0 Å². The number of allylic oxidation sites excluding steroid dienone is 1. The molecule has 0 aliphatic heterocycles. The van der Waals surface area contributed by atoms with E-state index in [1.165, 1.54) is 11.1 Å². The highest BCUT2D eigenvalue weighted by Gasteiger charge is 2.08. The van der Waals surface area contributed by atoms with Crippen LogP contribution in [0.1, 0.15) is 32.3 Å². The lowest BCUT2D eigenvalue weighted by Crippen LogP contribution is -1.99. The molecule has 0 saturated carbocycles. The van der Waals surface area contributed by atoms with Gasteiger partial charge >= 0.3 is 0 Å². The van der Waals surface area contributed by atoms with Crippen molar-refractivity contribution in [3.63, 3.8) is 0 Å². The molecule has 0 spiro atoms. The van der Waals surface area contributed by atoms with Crippen LogP contribution in [0.4, 0.5) is 0 Å². The van der Waals surface area contributed by atoms with E-state index in [0.717, 1.165) is 5.57 Å². The van der Waals surface area contributed by atoms with Crippen molar-refractivity contribution < 1.29 is 5.11 Å². The minimum absolute atomic E-state index is 0.156. The van der Waals surface area contributed by atoms with Gasteiger partial charge in [0.1, 0.15) is 0 Å². The van der Waals surface area contributed by atoms with Gasteiger partial charge in [-0.05, 0) is 25.0 Å². The van der Waals surface area contributed by atoms with E-state index in [2.05, 4.69) is 26.0 Å². The van der Waals surface area contributed by atoms with Crippen LogP contribution in [0.3, 0.4) is 0 Å². The topological polar surface area (TPSA) is 20.2 Å². The minimum atomic E-state index is 0.156. The fourth-order valence-corrected chi connectivity index (χ4v) is 1.49. The summed E-state index contributed by atoms with van der Waals surface area (Å²) in [5.41, 5.74) is 3.64. The first-order valence-corrected chi connectivity index (χ1v) is 4.99. The monoisotopic (exact) mass is 190 g/mol. The summed E-state index contributed by atoms with van der Waals surface area (Å²) < 4.78 is 0. The average molecular weight is 190 g/mol. The van der Waals surface area contributed by atoms with Crippen molar-refractivity contribution in [3.05, 3.63) is 47.0 Å². The first kappa shape index (κ1) is 11.0. The van der Waals surface area contributed by atoms with Gasteiger partial charge in [0, 0.05) is 5.92 Å². The molecule has 1 rings (SSSR count). The average Bonchev–Trinajstić information content (AvgIpc) is 2.27. The van der Waals surface area contributed by atoms with Crippen molar-refractivity contribution in [2.24, 2.45) is 0 Å². The Morgan fingerprint density at radius 2 is 1.79 bits per heavy atom. The molecule has 76 valence electrons. The zero-order valence-corrected chi connectivity index (χ0v) is 9.12. The zero-order chi connectivity index (χ0) is 10.6. The van der Waals surface area contributed by atoms with Crippen LogP contribution < -0.4 is 0 Å². The highest BCUT2D eigenvalue weighted by molar-refractivity contribution is 5.29. The van der Waals surface area contributed by atoms with E-state index in [-0.39, 0.29) is 6.61 Å². The van der Waals surface area contributed by atoms with Crippen LogP contribution in [0, 0.1) is 0 Å². The SMILES string of the molecule is C/C(CO)=C(\C)C(C)c1ccccc1. The maximum atomic E-state index is 9.04.